The van der Waals surface area contributed by atoms with Crippen LogP contribution in [0.25, 0.3) is 0 Å². The topological polar surface area (TPSA) is 67.4 Å². The maximum absolute atomic E-state index is 12.0. The summed E-state index contributed by atoms with van der Waals surface area (Å²) < 4.78 is 32.0. The molecule has 1 fully saturated rings. The Kier molecular flexibility index (Phi) is 5.85. The average molecular weight is 264 g/mol. The van der Waals surface area contributed by atoms with Gasteiger partial charge in [0.25, 0.3) is 0 Å². The van der Waals surface area contributed by atoms with Crippen molar-refractivity contribution in [1.82, 2.24) is 10.0 Å². The first-order valence-electron chi connectivity index (χ1n) is 6.24. The lowest BCUT2D eigenvalue weighted by Crippen LogP contribution is -2.43. The Morgan fingerprint density at radius 2 is 2.12 bits per heavy atom. The maximum atomic E-state index is 12.0. The molecule has 3 unspecified atom stereocenters. The zero-order chi connectivity index (χ0) is 12.9. The third-order valence-corrected chi connectivity index (χ3v) is 5.15. The summed E-state index contributed by atoms with van der Waals surface area (Å²) in [7, 11) is -1.54. The molecule has 0 radical (unpaired) electrons. The zero-order valence-corrected chi connectivity index (χ0v) is 11.7. The SMILES string of the molecule is CCNCC(C)S(=O)(=O)NC1CCC(OC)C1. The second kappa shape index (κ2) is 6.68. The van der Waals surface area contributed by atoms with Crippen LogP contribution in [-0.2, 0) is 14.8 Å². The molecule has 0 saturated heterocycles. The van der Waals surface area contributed by atoms with Gasteiger partial charge in [-0.2, -0.15) is 0 Å². The van der Waals surface area contributed by atoms with Crippen molar-refractivity contribution < 1.29 is 13.2 Å². The summed E-state index contributed by atoms with van der Waals surface area (Å²) in [4.78, 5) is 0. The second-order valence-electron chi connectivity index (χ2n) is 4.65. The van der Waals surface area contributed by atoms with Gasteiger partial charge in [-0.25, -0.2) is 13.1 Å². The molecule has 6 heteroatoms. The molecule has 0 spiro atoms. The molecule has 0 aliphatic heterocycles. The molecule has 0 aromatic carbocycles. The van der Waals surface area contributed by atoms with Gasteiger partial charge in [-0.3, -0.25) is 0 Å². The molecular weight excluding hydrogens is 240 g/mol. The van der Waals surface area contributed by atoms with E-state index in [0.29, 0.717) is 6.54 Å². The minimum atomic E-state index is -3.22. The molecule has 0 heterocycles. The van der Waals surface area contributed by atoms with Gasteiger partial charge in [0.1, 0.15) is 0 Å². The number of hydrogen-bond donors (Lipinski definition) is 2. The van der Waals surface area contributed by atoms with Gasteiger partial charge in [-0.05, 0) is 32.7 Å². The molecule has 0 bridgehead atoms. The van der Waals surface area contributed by atoms with Crippen molar-refractivity contribution in [3.05, 3.63) is 0 Å². The molecule has 17 heavy (non-hydrogen) atoms. The number of methoxy groups -OCH3 is 1. The molecular formula is C11H24N2O3S. The van der Waals surface area contributed by atoms with Crippen LogP contribution in [0.2, 0.25) is 0 Å². The van der Waals surface area contributed by atoms with E-state index < -0.39 is 15.3 Å². The highest BCUT2D eigenvalue weighted by Gasteiger charge is 2.30. The second-order valence-corrected chi connectivity index (χ2v) is 6.78. The van der Waals surface area contributed by atoms with Gasteiger partial charge in [-0.1, -0.05) is 6.92 Å². The third-order valence-electron chi connectivity index (χ3n) is 3.26. The molecule has 5 nitrogen and oxygen atoms in total. The number of sulfonamides is 1. The molecule has 1 aliphatic rings. The lowest BCUT2D eigenvalue weighted by molar-refractivity contribution is 0.107. The van der Waals surface area contributed by atoms with E-state index in [0.717, 1.165) is 25.8 Å². The van der Waals surface area contributed by atoms with E-state index in [4.69, 9.17) is 4.74 Å². The smallest absolute Gasteiger partial charge is 0.215 e. The van der Waals surface area contributed by atoms with Gasteiger partial charge in [0.15, 0.2) is 0 Å². The Hall–Kier alpha value is -0.170. The van der Waals surface area contributed by atoms with Crippen molar-refractivity contribution in [2.45, 2.75) is 50.5 Å². The predicted octanol–water partition coefficient (Wildman–Crippen LogP) is 0.471. The fraction of sp³-hybridized carbons (Fsp3) is 1.00. The van der Waals surface area contributed by atoms with Crippen LogP contribution in [-0.4, -0.2) is 46.0 Å². The minimum Gasteiger partial charge on any atom is -0.381 e. The molecule has 2 N–H and O–H groups in total. The van der Waals surface area contributed by atoms with Crippen LogP contribution in [0, 0.1) is 0 Å². The highest BCUT2D eigenvalue weighted by Crippen LogP contribution is 2.22. The molecule has 0 aromatic heterocycles. The van der Waals surface area contributed by atoms with Gasteiger partial charge in [0.05, 0.1) is 11.4 Å². The number of rotatable bonds is 7. The standard InChI is InChI=1S/C11H24N2O3S/c1-4-12-8-9(2)17(14,15)13-10-5-6-11(7-10)16-3/h9-13H,4-8H2,1-3H3. The van der Waals surface area contributed by atoms with Crippen molar-refractivity contribution in [3.8, 4) is 0 Å². The number of hydrogen-bond acceptors (Lipinski definition) is 4. The highest BCUT2D eigenvalue weighted by atomic mass is 32.2. The fourth-order valence-electron chi connectivity index (χ4n) is 2.07. The van der Waals surface area contributed by atoms with Crippen molar-refractivity contribution in [2.75, 3.05) is 20.2 Å². The van der Waals surface area contributed by atoms with E-state index in [-0.39, 0.29) is 12.1 Å². The summed E-state index contributed by atoms with van der Waals surface area (Å²) in [5, 5.41) is 2.66. The first-order valence-corrected chi connectivity index (χ1v) is 7.78. The van der Waals surface area contributed by atoms with Gasteiger partial charge < -0.3 is 10.1 Å². The molecule has 102 valence electrons. The van der Waals surface area contributed by atoms with Crippen LogP contribution >= 0.6 is 0 Å². The van der Waals surface area contributed by atoms with Gasteiger partial charge >= 0.3 is 0 Å². The van der Waals surface area contributed by atoms with Crippen molar-refractivity contribution in [2.24, 2.45) is 0 Å². The van der Waals surface area contributed by atoms with Crippen LogP contribution < -0.4 is 10.0 Å². The van der Waals surface area contributed by atoms with Crippen molar-refractivity contribution in [1.29, 1.82) is 0 Å². The van der Waals surface area contributed by atoms with E-state index in [1.54, 1.807) is 14.0 Å². The third kappa shape index (κ3) is 4.54. The summed E-state index contributed by atoms with van der Waals surface area (Å²) in [5.74, 6) is 0. The van der Waals surface area contributed by atoms with Gasteiger partial charge in [0, 0.05) is 19.7 Å². The van der Waals surface area contributed by atoms with Crippen LogP contribution in [0.1, 0.15) is 33.1 Å². The lowest BCUT2D eigenvalue weighted by Gasteiger charge is -2.18. The first-order chi connectivity index (χ1) is 7.99. The Bertz CT molecular complexity index is 319. The normalized spacial score (nSPS) is 27.2. The molecule has 1 saturated carbocycles. The van der Waals surface area contributed by atoms with Gasteiger partial charge in [0.2, 0.25) is 10.0 Å². The number of ether oxygens (including phenoxy) is 1. The summed E-state index contributed by atoms with van der Waals surface area (Å²) in [6.07, 6.45) is 2.78. The van der Waals surface area contributed by atoms with Crippen molar-refractivity contribution in [3.63, 3.8) is 0 Å². The quantitative estimate of drug-likeness (QED) is 0.701. The summed E-state index contributed by atoms with van der Waals surface area (Å²) >= 11 is 0. The van der Waals surface area contributed by atoms with Crippen molar-refractivity contribution >= 4 is 10.0 Å². The first kappa shape index (κ1) is 14.9. The van der Waals surface area contributed by atoms with E-state index in [1.165, 1.54) is 0 Å². The summed E-state index contributed by atoms with van der Waals surface area (Å²) in [5.41, 5.74) is 0. The lowest BCUT2D eigenvalue weighted by atomic mass is 10.3. The monoisotopic (exact) mass is 264 g/mol. The molecule has 3 atom stereocenters. The fourth-order valence-corrected chi connectivity index (χ4v) is 3.32. The Labute approximate surface area is 104 Å². The van der Waals surface area contributed by atoms with Crippen LogP contribution in [0.3, 0.4) is 0 Å². The van der Waals surface area contributed by atoms with E-state index in [2.05, 4.69) is 10.0 Å². The Balaban J connectivity index is 2.44. The Morgan fingerprint density at radius 1 is 1.41 bits per heavy atom. The Morgan fingerprint density at radius 3 is 2.65 bits per heavy atom. The maximum Gasteiger partial charge on any atom is 0.215 e. The molecule has 1 aliphatic carbocycles. The van der Waals surface area contributed by atoms with E-state index >= 15 is 0 Å². The largest absolute Gasteiger partial charge is 0.381 e. The number of nitrogens with one attached hydrogen (secondary N) is 2. The zero-order valence-electron chi connectivity index (χ0n) is 10.9. The van der Waals surface area contributed by atoms with Crippen LogP contribution in [0.15, 0.2) is 0 Å². The minimum absolute atomic E-state index is 0.0361. The van der Waals surface area contributed by atoms with Crippen LogP contribution in [0.4, 0.5) is 0 Å². The summed E-state index contributed by atoms with van der Waals surface area (Å²) in [6.45, 7) is 4.97. The average Bonchev–Trinajstić information content (AvgIpc) is 2.72. The van der Waals surface area contributed by atoms with E-state index in [1.807, 2.05) is 6.92 Å². The predicted molar refractivity (Wildman–Crippen MR) is 68.5 cm³/mol. The molecule has 1 rings (SSSR count). The molecule has 0 aromatic rings. The van der Waals surface area contributed by atoms with Crippen LogP contribution in [0.5, 0.6) is 0 Å². The van der Waals surface area contributed by atoms with E-state index in [9.17, 15) is 8.42 Å². The highest BCUT2D eigenvalue weighted by molar-refractivity contribution is 7.90. The summed E-state index contributed by atoms with van der Waals surface area (Å²) in [6, 6.07) is 0.0361. The molecule has 0 amide bonds. The van der Waals surface area contributed by atoms with Gasteiger partial charge in [-0.15, -0.1) is 0 Å².